The maximum absolute atomic E-state index is 9.27. The molecule has 0 aromatic heterocycles. The van der Waals surface area contributed by atoms with Crippen LogP contribution in [0.15, 0.2) is 0 Å². The van der Waals surface area contributed by atoms with Crippen molar-refractivity contribution in [3.63, 3.8) is 0 Å². The summed E-state index contributed by atoms with van der Waals surface area (Å²) in [6.45, 7) is 4.04. The first-order valence-electron chi connectivity index (χ1n) is 6.12. The lowest BCUT2D eigenvalue weighted by Crippen LogP contribution is -2.37. The van der Waals surface area contributed by atoms with Gasteiger partial charge in [0.2, 0.25) is 0 Å². The van der Waals surface area contributed by atoms with Crippen LogP contribution in [0.2, 0.25) is 0 Å². The van der Waals surface area contributed by atoms with Gasteiger partial charge in [0.15, 0.2) is 0 Å². The van der Waals surface area contributed by atoms with Crippen LogP contribution in [0.3, 0.4) is 0 Å². The van der Waals surface area contributed by atoms with Gasteiger partial charge in [-0.2, -0.15) is 0 Å². The van der Waals surface area contributed by atoms with Crippen molar-refractivity contribution in [2.24, 2.45) is 0 Å². The first-order valence-corrected chi connectivity index (χ1v) is 6.12. The van der Waals surface area contributed by atoms with Crippen molar-refractivity contribution in [2.45, 2.75) is 77.0 Å². The number of nitrogens with one attached hydrogen (secondary N) is 1. The molecule has 2 atom stereocenters. The Bertz CT molecular complexity index is 139. The molecule has 0 radical (unpaired) electrons. The van der Waals surface area contributed by atoms with Crippen LogP contribution in [-0.2, 0) is 0 Å². The van der Waals surface area contributed by atoms with Gasteiger partial charge in [0.05, 0.1) is 6.10 Å². The van der Waals surface area contributed by atoms with Gasteiger partial charge in [-0.1, -0.05) is 25.7 Å². The Morgan fingerprint density at radius 3 is 2.21 bits per heavy atom. The molecule has 1 aliphatic carbocycles. The van der Waals surface area contributed by atoms with Crippen molar-refractivity contribution in [3.05, 3.63) is 0 Å². The zero-order chi connectivity index (χ0) is 10.4. The Balaban J connectivity index is 2.20. The molecular weight excluding hydrogens is 174 g/mol. The van der Waals surface area contributed by atoms with E-state index in [0.717, 1.165) is 6.42 Å². The van der Waals surface area contributed by atoms with Gasteiger partial charge in [-0.25, -0.2) is 0 Å². The summed E-state index contributed by atoms with van der Waals surface area (Å²) in [4.78, 5) is 0. The molecule has 1 saturated carbocycles. The van der Waals surface area contributed by atoms with Crippen LogP contribution in [0.25, 0.3) is 0 Å². The SMILES string of the molecule is CC(O)CC(C)NC1CCCCCC1. The van der Waals surface area contributed by atoms with Crippen molar-refractivity contribution in [1.82, 2.24) is 5.32 Å². The second-order valence-electron chi connectivity index (χ2n) is 4.84. The van der Waals surface area contributed by atoms with Gasteiger partial charge in [0.25, 0.3) is 0 Å². The molecule has 0 heterocycles. The van der Waals surface area contributed by atoms with Gasteiger partial charge < -0.3 is 10.4 Å². The van der Waals surface area contributed by atoms with Crippen molar-refractivity contribution < 1.29 is 5.11 Å². The maximum atomic E-state index is 9.27. The molecule has 1 fully saturated rings. The smallest absolute Gasteiger partial charge is 0.0526 e. The topological polar surface area (TPSA) is 32.3 Å². The summed E-state index contributed by atoms with van der Waals surface area (Å²) in [7, 11) is 0. The third kappa shape index (κ3) is 4.97. The molecule has 1 aliphatic rings. The average Bonchev–Trinajstić information content (AvgIpc) is 2.31. The summed E-state index contributed by atoms with van der Waals surface area (Å²) < 4.78 is 0. The quantitative estimate of drug-likeness (QED) is 0.682. The number of rotatable bonds is 4. The Morgan fingerprint density at radius 2 is 1.71 bits per heavy atom. The Hall–Kier alpha value is -0.0800. The lowest BCUT2D eigenvalue weighted by molar-refractivity contribution is 0.167. The Morgan fingerprint density at radius 1 is 1.14 bits per heavy atom. The minimum atomic E-state index is -0.178. The Labute approximate surface area is 88.1 Å². The highest BCUT2D eigenvalue weighted by Crippen LogP contribution is 2.18. The highest BCUT2D eigenvalue weighted by Gasteiger charge is 2.15. The molecule has 0 amide bonds. The number of aliphatic hydroxyl groups is 1. The molecule has 2 heteroatoms. The summed E-state index contributed by atoms with van der Waals surface area (Å²) in [5, 5.41) is 12.9. The lowest BCUT2D eigenvalue weighted by Gasteiger charge is -2.22. The van der Waals surface area contributed by atoms with Gasteiger partial charge in [-0.05, 0) is 33.1 Å². The molecule has 2 N–H and O–H groups in total. The standard InChI is InChI=1S/C12H25NO/c1-10(9-11(2)14)13-12-7-5-3-4-6-8-12/h10-14H,3-9H2,1-2H3. The molecule has 0 aliphatic heterocycles. The van der Waals surface area contributed by atoms with Gasteiger partial charge in [-0.15, -0.1) is 0 Å². The van der Waals surface area contributed by atoms with Crippen LogP contribution in [0.4, 0.5) is 0 Å². The zero-order valence-corrected chi connectivity index (χ0v) is 9.63. The van der Waals surface area contributed by atoms with Crippen LogP contribution in [0.1, 0.15) is 58.8 Å². The molecule has 14 heavy (non-hydrogen) atoms. The highest BCUT2D eigenvalue weighted by atomic mass is 16.3. The normalized spacial score (nSPS) is 24.2. The molecule has 0 saturated heterocycles. The predicted molar refractivity (Wildman–Crippen MR) is 60.4 cm³/mol. The third-order valence-corrected chi connectivity index (χ3v) is 3.07. The summed E-state index contributed by atoms with van der Waals surface area (Å²) in [5.74, 6) is 0. The molecule has 0 bridgehead atoms. The largest absolute Gasteiger partial charge is 0.393 e. The van der Waals surface area contributed by atoms with E-state index in [1.54, 1.807) is 0 Å². The van der Waals surface area contributed by atoms with E-state index in [0.29, 0.717) is 12.1 Å². The molecule has 84 valence electrons. The van der Waals surface area contributed by atoms with Crippen LogP contribution in [-0.4, -0.2) is 23.3 Å². The summed E-state index contributed by atoms with van der Waals surface area (Å²) in [6.07, 6.45) is 8.90. The van der Waals surface area contributed by atoms with Crippen molar-refractivity contribution in [3.8, 4) is 0 Å². The minimum Gasteiger partial charge on any atom is -0.393 e. The van der Waals surface area contributed by atoms with Crippen molar-refractivity contribution in [1.29, 1.82) is 0 Å². The Kier molecular flexibility index (Phi) is 5.49. The van der Waals surface area contributed by atoms with E-state index in [1.807, 2.05) is 6.92 Å². The van der Waals surface area contributed by atoms with Crippen LogP contribution in [0.5, 0.6) is 0 Å². The van der Waals surface area contributed by atoms with Crippen molar-refractivity contribution in [2.75, 3.05) is 0 Å². The number of aliphatic hydroxyl groups excluding tert-OH is 1. The van der Waals surface area contributed by atoms with Gasteiger partial charge >= 0.3 is 0 Å². The molecule has 2 nitrogen and oxygen atoms in total. The first kappa shape index (κ1) is 12.0. The molecular formula is C12H25NO. The van der Waals surface area contributed by atoms with E-state index in [2.05, 4.69) is 12.2 Å². The maximum Gasteiger partial charge on any atom is 0.0526 e. The highest BCUT2D eigenvalue weighted by molar-refractivity contribution is 4.75. The van der Waals surface area contributed by atoms with Crippen LogP contribution >= 0.6 is 0 Å². The van der Waals surface area contributed by atoms with E-state index < -0.39 is 0 Å². The van der Waals surface area contributed by atoms with Crippen LogP contribution < -0.4 is 5.32 Å². The van der Waals surface area contributed by atoms with E-state index in [-0.39, 0.29) is 6.10 Å². The fraction of sp³-hybridized carbons (Fsp3) is 1.00. The van der Waals surface area contributed by atoms with E-state index in [4.69, 9.17) is 0 Å². The summed E-state index contributed by atoms with van der Waals surface area (Å²) in [5.41, 5.74) is 0. The zero-order valence-electron chi connectivity index (χ0n) is 9.63. The predicted octanol–water partition coefficient (Wildman–Crippen LogP) is 2.46. The van der Waals surface area contributed by atoms with Crippen molar-refractivity contribution >= 4 is 0 Å². The lowest BCUT2D eigenvalue weighted by atomic mass is 10.1. The van der Waals surface area contributed by atoms with Gasteiger partial charge in [-0.3, -0.25) is 0 Å². The fourth-order valence-electron chi connectivity index (χ4n) is 2.43. The number of hydrogen-bond acceptors (Lipinski definition) is 2. The minimum absolute atomic E-state index is 0.178. The fourth-order valence-corrected chi connectivity index (χ4v) is 2.43. The molecule has 2 unspecified atom stereocenters. The second kappa shape index (κ2) is 6.41. The van der Waals surface area contributed by atoms with Gasteiger partial charge in [0.1, 0.15) is 0 Å². The molecule has 0 spiro atoms. The second-order valence-corrected chi connectivity index (χ2v) is 4.84. The summed E-state index contributed by atoms with van der Waals surface area (Å²) in [6, 6.07) is 1.16. The monoisotopic (exact) mass is 199 g/mol. The molecule has 1 rings (SSSR count). The van der Waals surface area contributed by atoms with E-state index in [1.165, 1.54) is 38.5 Å². The third-order valence-electron chi connectivity index (χ3n) is 3.07. The summed E-state index contributed by atoms with van der Waals surface area (Å²) >= 11 is 0. The average molecular weight is 199 g/mol. The van der Waals surface area contributed by atoms with E-state index in [9.17, 15) is 5.11 Å². The molecule has 0 aromatic rings. The van der Waals surface area contributed by atoms with E-state index >= 15 is 0 Å². The van der Waals surface area contributed by atoms with Gasteiger partial charge in [0, 0.05) is 12.1 Å². The van der Waals surface area contributed by atoms with Crippen LogP contribution in [0, 0.1) is 0 Å². The first-order chi connectivity index (χ1) is 6.68. The molecule has 0 aromatic carbocycles. The number of hydrogen-bond donors (Lipinski definition) is 2.